The van der Waals surface area contributed by atoms with E-state index >= 15 is 0 Å². The monoisotopic (exact) mass is 629 g/mol. The number of carboxylic acid groups (broad SMARTS) is 1. The molecule has 1 fully saturated rings. The molecule has 7 rings (SSSR count). The van der Waals surface area contributed by atoms with Gasteiger partial charge in [-0.15, -0.1) is 0 Å². The van der Waals surface area contributed by atoms with E-state index in [0.717, 1.165) is 82.2 Å². The second kappa shape index (κ2) is 13.8. The molecule has 0 saturated carbocycles. The number of anilines is 1. The molecule has 0 unspecified atom stereocenters. The number of fused-ring (bicyclic) bond motifs is 8. The number of imidazole rings is 1. The Labute approximate surface area is 271 Å². The van der Waals surface area contributed by atoms with E-state index in [2.05, 4.69) is 59.5 Å². The molecule has 4 aromatic rings. The minimum absolute atomic E-state index is 0.0437. The number of carbonyl (C=O) groups is 1. The van der Waals surface area contributed by atoms with Crippen molar-refractivity contribution < 1.29 is 29.2 Å². The first-order chi connectivity index (χ1) is 21.8. The van der Waals surface area contributed by atoms with Gasteiger partial charge in [-0.2, -0.15) is 0 Å². The second-order valence-corrected chi connectivity index (χ2v) is 13.6. The Balaban J connectivity index is 0.000000775. The summed E-state index contributed by atoms with van der Waals surface area (Å²) in [6, 6.07) is 16.6. The Hall–Kier alpha value is -3.92. The summed E-state index contributed by atoms with van der Waals surface area (Å²) in [5, 5.41) is 18.3. The van der Waals surface area contributed by atoms with Crippen LogP contribution in [0.3, 0.4) is 0 Å². The summed E-state index contributed by atoms with van der Waals surface area (Å²) >= 11 is 0. The molecule has 5 heterocycles. The van der Waals surface area contributed by atoms with E-state index in [0.29, 0.717) is 26.4 Å². The number of hydrogen-bond donors (Lipinski definition) is 2. The van der Waals surface area contributed by atoms with Crippen molar-refractivity contribution in [3.63, 3.8) is 0 Å². The van der Waals surface area contributed by atoms with Gasteiger partial charge in [0.1, 0.15) is 23.8 Å². The molecule has 46 heavy (non-hydrogen) atoms. The zero-order chi connectivity index (χ0) is 33.1. The first kappa shape index (κ1) is 33.4. The molecule has 0 spiro atoms. The van der Waals surface area contributed by atoms with E-state index in [1.807, 2.05) is 25.3 Å². The highest BCUT2D eigenvalue weighted by Crippen LogP contribution is 2.36. The van der Waals surface area contributed by atoms with Crippen LogP contribution in [-0.4, -0.2) is 76.3 Å². The van der Waals surface area contributed by atoms with Crippen molar-refractivity contribution in [2.75, 3.05) is 44.4 Å². The Morgan fingerprint density at radius 1 is 0.978 bits per heavy atom. The molecule has 3 aliphatic rings. The van der Waals surface area contributed by atoms with E-state index < -0.39 is 11.6 Å². The van der Waals surface area contributed by atoms with E-state index in [4.69, 9.17) is 24.3 Å². The molecule has 0 aliphatic carbocycles. The number of rotatable bonds is 2. The lowest BCUT2D eigenvalue weighted by molar-refractivity contribution is -0.136. The molecule has 2 aromatic carbocycles. The van der Waals surface area contributed by atoms with E-state index in [1.165, 1.54) is 0 Å². The fourth-order valence-electron chi connectivity index (χ4n) is 5.95. The van der Waals surface area contributed by atoms with Crippen molar-refractivity contribution in [2.45, 2.75) is 72.0 Å². The molecule has 2 aromatic heterocycles. The topological polar surface area (TPSA) is 106 Å². The number of hydrogen-bond acceptors (Lipinski definition) is 7. The number of benzene rings is 2. The maximum absolute atomic E-state index is 11.9. The molecule has 0 radical (unpaired) electrons. The summed E-state index contributed by atoms with van der Waals surface area (Å²) < 4.78 is 20.4. The summed E-state index contributed by atoms with van der Waals surface area (Å²) in [4.78, 5) is 19.3. The predicted octanol–water partition coefficient (Wildman–Crippen LogP) is 6.47. The lowest BCUT2D eigenvalue weighted by atomic mass is 9.92. The van der Waals surface area contributed by atoms with E-state index in [-0.39, 0.29) is 12.0 Å². The summed E-state index contributed by atoms with van der Waals surface area (Å²) in [5.41, 5.74) is 6.80. The lowest BCUT2D eigenvalue weighted by Gasteiger charge is -2.41. The van der Waals surface area contributed by atoms with Gasteiger partial charge in [0.15, 0.2) is 0 Å². The second-order valence-electron chi connectivity index (χ2n) is 13.6. The number of nitrogens with zero attached hydrogens (tertiary/aromatic N) is 3. The van der Waals surface area contributed by atoms with Crippen LogP contribution in [0.15, 0.2) is 54.7 Å². The molecule has 9 heteroatoms. The highest BCUT2D eigenvalue weighted by molar-refractivity contribution is 5.78. The molecule has 6 bridgehead atoms. The Bertz CT molecular complexity index is 1670. The molecular formula is C37H47N3O6. The highest BCUT2D eigenvalue weighted by atomic mass is 16.6. The Morgan fingerprint density at radius 2 is 1.67 bits per heavy atom. The summed E-state index contributed by atoms with van der Waals surface area (Å²) in [5.74, 6) is 0.885. The SMILES string of the molecule is CC(C)(C)O.Cc1ccc2c(c1)OCCOCCOC1(C)CCN(CC1)c1c(CC(=O)O)c(C)cc3nc(cn13)-c1cccc-2c1. The van der Waals surface area contributed by atoms with Crippen LogP contribution in [0, 0.1) is 13.8 Å². The average Bonchev–Trinajstić information content (AvgIpc) is 3.40. The Morgan fingerprint density at radius 3 is 2.39 bits per heavy atom. The van der Waals surface area contributed by atoms with Gasteiger partial charge in [0.2, 0.25) is 0 Å². The number of pyridine rings is 1. The van der Waals surface area contributed by atoms with Crippen LogP contribution in [0.1, 0.15) is 57.2 Å². The number of ether oxygens (including phenoxy) is 3. The van der Waals surface area contributed by atoms with Crippen LogP contribution in [-0.2, 0) is 20.7 Å². The van der Waals surface area contributed by atoms with Gasteiger partial charge < -0.3 is 29.3 Å². The van der Waals surface area contributed by atoms with Crippen LogP contribution >= 0.6 is 0 Å². The number of aliphatic hydroxyl groups is 1. The Kier molecular flexibility index (Phi) is 10.1. The molecule has 9 nitrogen and oxygen atoms in total. The van der Waals surface area contributed by atoms with Gasteiger partial charge in [0, 0.05) is 36.0 Å². The molecule has 1 saturated heterocycles. The first-order valence-electron chi connectivity index (χ1n) is 16.1. The normalized spacial score (nSPS) is 16.7. The largest absolute Gasteiger partial charge is 0.491 e. The van der Waals surface area contributed by atoms with Gasteiger partial charge in [-0.05, 0) is 89.3 Å². The summed E-state index contributed by atoms with van der Waals surface area (Å²) in [6.45, 7) is 14.9. The zero-order valence-electron chi connectivity index (χ0n) is 27.9. The predicted molar refractivity (Wildman–Crippen MR) is 181 cm³/mol. The molecule has 2 N–H and O–H groups in total. The van der Waals surface area contributed by atoms with Crippen molar-refractivity contribution in [3.05, 3.63) is 71.4 Å². The van der Waals surface area contributed by atoms with Crippen molar-refractivity contribution in [3.8, 4) is 28.1 Å². The lowest BCUT2D eigenvalue weighted by Crippen LogP contribution is -2.45. The zero-order valence-corrected chi connectivity index (χ0v) is 27.9. The number of aliphatic carboxylic acids is 1. The first-order valence-corrected chi connectivity index (χ1v) is 16.1. The van der Waals surface area contributed by atoms with Gasteiger partial charge in [-0.25, -0.2) is 4.98 Å². The molecule has 0 amide bonds. The molecule has 0 atom stereocenters. The third kappa shape index (κ3) is 8.26. The highest BCUT2D eigenvalue weighted by Gasteiger charge is 2.33. The molecular weight excluding hydrogens is 582 g/mol. The molecule has 3 aliphatic heterocycles. The summed E-state index contributed by atoms with van der Waals surface area (Å²) in [6.07, 6.45) is 3.66. The van der Waals surface area contributed by atoms with Gasteiger partial charge in [-0.3, -0.25) is 9.20 Å². The van der Waals surface area contributed by atoms with Crippen molar-refractivity contribution in [1.29, 1.82) is 0 Å². The number of piperidine rings is 1. The third-order valence-corrected chi connectivity index (χ3v) is 8.27. The van der Waals surface area contributed by atoms with Crippen LogP contribution in [0.2, 0.25) is 0 Å². The fourth-order valence-corrected chi connectivity index (χ4v) is 5.95. The van der Waals surface area contributed by atoms with Crippen molar-refractivity contribution in [2.24, 2.45) is 0 Å². The van der Waals surface area contributed by atoms with Gasteiger partial charge in [-0.1, -0.05) is 30.3 Å². The minimum atomic E-state index is -0.843. The quantitative estimate of drug-likeness (QED) is 0.243. The van der Waals surface area contributed by atoms with Crippen LogP contribution in [0.25, 0.3) is 28.0 Å². The fraction of sp³-hybridized carbons (Fsp3) is 0.459. The number of aryl methyl sites for hydroxylation is 2. The minimum Gasteiger partial charge on any atom is -0.491 e. The smallest absolute Gasteiger partial charge is 0.307 e. The van der Waals surface area contributed by atoms with E-state index in [9.17, 15) is 9.90 Å². The van der Waals surface area contributed by atoms with Crippen LogP contribution in [0.4, 0.5) is 5.82 Å². The van der Waals surface area contributed by atoms with Gasteiger partial charge in [0.25, 0.3) is 0 Å². The molecule has 246 valence electrons. The maximum Gasteiger partial charge on any atom is 0.307 e. The van der Waals surface area contributed by atoms with Gasteiger partial charge >= 0.3 is 5.97 Å². The third-order valence-electron chi connectivity index (χ3n) is 8.27. The standard InChI is InChI=1S/C33H37N3O5.C4H10O/c1-22-7-8-26-24-5-4-6-25(19-24)28-21-36-30(34-28)18-23(2)27(20-31(37)38)32(36)35-11-9-33(3,10-12-35)41-16-14-39-13-15-40-29(26)17-22;1-4(2,3)5/h4-8,17-19,21H,9-16,20H2,1-3H3,(H,37,38);5H,1-3H3. The summed E-state index contributed by atoms with van der Waals surface area (Å²) in [7, 11) is 0. The number of carboxylic acids is 1. The average molecular weight is 630 g/mol. The van der Waals surface area contributed by atoms with Crippen molar-refractivity contribution >= 4 is 17.4 Å². The maximum atomic E-state index is 11.9. The van der Waals surface area contributed by atoms with Crippen molar-refractivity contribution in [1.82, 2.24) is 9.38 Å². The number of aromatic nitrogens is 2. The van der Waals surface area contributed by atoms with E-state index in [1.54, 1.807) is 20.8 Å². The van der Waals surface area contributed by atoms with Crippen LogP contribution in [0.5, 0.6) is 5.75 Å². The van der Waals surface area contributed by atoms with Gasteiger partial charge in [0.05, 0.1) is 43.1 Å². The van der Waals surface area contributed by atoms with Crippen LogP contribution < -0.4 is 9.64 Å².